The molecule has 0 bridgehead atoms. The SMILES string of the molecule is C=CC.C=N/C(=C\C)c1ccc(N(C)c2ccccc2C)c(C)c1.CC. The van der Waals surface area contributed by atoms with E-state index in [0.29, 0.717) is 0 Å². The summed E-state index contributed by atoms with van der Waals surface area (Å²) in [7, 11) is 2.10. The Balaban J connectivity index is 0.00000113. The van der Waals surface area contributed by atoms with Gasteiger partial charge in [-0.1, -0.05) is 50.3 Å². The van der Waals surface area contributed by atoms with Crippen LogP contribution in [0.15, 0.2) is 66.2 Å². The van der Waals surface area contributed by atoms with Gasteiger partial charge in [-0.05, 0) is 63.7 Å². The van der Waals surface area contributed by atoms with Crippen LogP contribution in [0.1, 0.15) is 44.4 Å². The number of aryl methyl sites for hydroxylation is 2. The Bertz CT molecular complexity index is 727. The van der Waals surface area contributed by atoms with E-state index in [0.717, 1.165) is 11.3 Å². The van der Waals surface area contributed by atoms with Crippen LogP contribution < -0.4 is 4.90 Å². The Morgan fingerprint density at radius 3 is 1.96 bits per heavy atom. The van der Waals surface area contributed by atoms with Crippen LogP contribution in [-0.2, 0) is 0 Å². The van der Waals surface area contributed by atoms with E-state index >= 15 is 0 Å². The Morgan fingerprint density at radius 2 is 1.50 bits per heavy atom. The lowest BCUT2D eigenvalue weighted by molar-refractivity contribution is 1.16. The lowest BCUT2D eigenvalue weighted by atomic mass is 10.1. The van der Waals surface area contributed by atoms with Crippen molar-refractivity contribution in [2.75, 3.05) is 11.9 Å². The fourth-order valence-corrected chi connectivity index (χ4v) is 2.61. The van der Waals surface area contributed by atoms with Gasteiger partial charge in [0.25, 0.3) is 0 Å². The summed E-state index contributed by atoms with van der Waals surface area (Å²) in [6, 6.07) is 14.8. The van der Waals surface area contributed by atoms with Gasteiger partial charge in [-0.25, -0.2) is 0 Å². The molecule has 26 heavy (non-hydrogen) atoms. The van der Waals surface area contributed by atoms with Gasteiger partial charge in [0.05, 0.1) is 5.70 Å². The largest absolute Gasteiger partial charge is 0.344 e. The normalized spacial score (nSPS) is 9.88. The molecule has 0 aliphatic carbocycles. The number of benzene rings is 2. The number of anilines is 2. The molecular formula is C24H34N2. The van der Waals surface area contributed by atoms with Crippen LogP contribution in [0.2, 0.25) is 0 Å². The maximum atomic E-state index is 4.06. The van der Waals surface area contributed by atoms with Crippen molar-refractivity contribution in [2.24, 2.45) is 4.99 Å². The third kappa shape index (κ3) is 6.36. The van der Waals surface area contributed by atoms with E-state index in [1.807, 2.05) is 33.8 Å². The molecule has 0 aliphatic heterocycles. The van der Waals surface area contributed by atoms with Crippen LogP contribution in [0.25, 0.3) is 5.70 Å². The van der Waals surface area contributed by atoms with E-state index in [9.17, 15) is 0 Å². The summed E-state index contributed by atoms with van der Waals surface area (Å²) in [5.41, 5.74) is 6.94. The molecule has 2 aromatic carbocycles. The number of allylic oxidation sites excluding steroid dienone is 2. The minimum absolute atomic E-state index is 0.920. The number of hydrogen-bond donors (Lipinski definition) is 0. The number of rotatable bonds is 4. The molecule has 0 radical (unpaired) electrons. The van der Waals surface area contributed by atoms with Crippen LogP contribution in [0.4, 0.5) is 11.4 Å². The van der Waals surface area contributed by atoms with E-state index in [-0.39, 0.29) is 0 Å². The molecule has 0 atom stereocenters. The Labute approximate surface area is 160 Å². The second-order valence-electron chi connectivity index (χ2n) is 5.59. The molecule has 0 aliphatic rings. The second-order valence-corrected chi connectivity index (χ2v) is 5.59. The Morgan fingerprint density at radius 1 is 0.962 bits per heavy atom. The number of aliphatic imine (C=N–C) groups is 1. The second kappa shape index (κ2) is 12.7. The minimum Gasteiger partial charge on any atom is -0.344 e. The summed E-state index contributed by atoms with van der Waals surface area (Å²) < 4.78 is 0. The van der Waals surface area contributed by atoms with Crippen LogP contribution in [0, 0.1) is 13.8 Å². The molecule has 0 fully saturated rings. The number of nitrogens with zero attached hydrogens (tertiary/aromatic N) is 2. The minimum atomic E-state index is 0.920. The Hall–Kier alpha value is -2.61. The molecule has 140 valence electrons. The van der Waals surface area contributed by atoms with Crippen LogP contribution in [-0.4, -0.2) is 13.8 Å². The van der Waals surface area contributed by atoms with Crippen molar-refractivity contribution in [3.63, 3.8) is 0 Å². The van der Waals surface area contributed by atoms with Gasteiger partial charge in [-0.2, -0.15) is 0 Å². The first-order valence-electron chi connectivity index (χ1n) is 9.10. The summed E-state index contributed by atoms with van der Waals surface area (Å²) in [4.78, 5) is 6.29. The van der Waals surface area contributed by atoms with E-state index in [4.69, 9.17) is 0 Å². The highest BCUT2D eigenvalue weighted by molar-refractivity contribution is 5.73. The van der Waals surface area contributed by atoms with E-state index in [1.54, 1.807) is 6.08 Å². The van der Waals surface area contributed by atoms with Gasteiger partial charge < -0.3 is 4.90 Å². The number of para-hydroxylation sites is 1. The molecule has 2 nitrogen and oxygen atoms in total. The predicted octanol–water partition coefficient (Wildman–Crippen LogP) is 7.35. The van der Waals surface area contributed by atoms with E-state index < -0.39 is 0 Å². The molecule has 0 unspecified atom stereocenters. The zero-order valence-electron chi connectivity index (χ0n) is 17.5. The van der Waals surface area contributed by atoms with Crippen molar-refractivity contribution in [3.8, 4) is 0 Å². The molecule has 0 spiro atoms. The molecule has 0 aromatic heterocycles. The Kier molecular flexibility index (Phi) is 11.4. The van der Waals surface area contributed by atoms with Crippen LogP contribution >= 0.6 is 0 Å². The fourth-order valence-electron chi connectivity index (χ4n) is 2.61. The zero-order chi connectivity index (χ0) is 20.1. The van der Waals surface area contributed by atoms with Crippen molar-refractivity contribution < 1.29 is 0 Å². The monoisotopic (exact) mass is 350 g/mol. The van der Waals surface area contributed by atoms with Crippen molar-refractivity contribution in [1.82, 2.24) is 0 Å². The fraction of sp³-hybridized carbons (Fsp3) is 0.292. The average Bonchev–Trinajstić information content (AvgIpc) is 2.65. The maximum absolute atomic E-state index is 4.06. The summed E-state index contributed by atoms with van der Waals surface area (Å²) in [6.45, 7) is 19.1. The molecule has 2 aromatic rings. The zero-order valence-corrected chi connectivity index (χ0v) is 17.5. The van der Waals surface area contributed by atoms with Crippen LogP contribution in [0.3, 0.4) is 0 Å². The quantitative estimate of drug-likeness (QED) is 0.415. The van der Waals surface area contributed by atoms with E-state index in [2.05, 4.69) is 86.5 Å². The summed E-state index contributed by atoms with van der Waals surface area (Å²) in [5.74, 6) is 0. The lowest BCUT2D eigenvalue weighted by Gasteiger charge is -2.24. The topological polar surface area (TPSA) is 15.6 Å². The lowest BCUT2D eigenvalue weighted by Crippen LogP contribution is -2.12. The van der Waals surface area contributed by atoms with Crippen LogP contribution in [0.5, 0.6) is 0 Å². The molecule has 0 amide bonds. The third-order valence-electron chi connectivity index (χ3n) is 3.77. The number of hydrogen-bond acceptors (Lipinski definition) is 2. The highest BCUT2D eigenvalue weighted by Crippen LogP contribution is 2.31. The molecule has 0 N–H and O–H groups in total. The van der Waals surface area contributed by atoms with Gasteiger partial charge in [-0.15, -0.1) is 6.58 Å². The van der Waals surface area contributed by atoms with Gasteiger partial charge in [-0.3, -0.25) is 4.99 Å². The molecule has 0 saturated carbocycles. The molecule has 2 heteroatoms. The standard InChI is InChI=1S/C19H22N2.C3H6.C2H6/c1-6-17(20-4)16-11-12-19(15(3)13-16)21(5)18-10-8-7-9-14(18)2;1-3-2;1-2/h6-13H,4H2,1-3,5H3;3H,1H2,2H3;1-2H3/b17-6-;;. The van der Waals surface area contributed by atoms with Crippen molar-refractivity contribution in [3.05, 3.63) is 77.9 Å². The first-order valence-corrected chi connectivity index (χ1v) is 9.10. The molecule has 0 heterocycles. The van der Waals surface area contributed by atoms with Gasteiger partial charge in [0, 0.05) is 24.0 Å². The van der Waals surface area contributed by atoms with Gasteiger partial charge in [0.15, 0.2) is 0 Å². The first kappa shape index (κ1) is 23.4. The van der Waals surface area contributed by atoms with Crippen molar-refractivity contribution in [2.45, 2.75) is 41.5 Å². The predicted molar refractivity (Wildman–Crippen MR) is 121 cm³/mol. The van der Waals surface area contributed by atoms with Gasteiger partial charge in [0.2, 0.25) is 0 Å². The summed E-state index contributed by atoms with van der Waals surface area (Å²) in [5, 5.41) is 0. The van der Waals surface area contributed by atoms with Gasteiger partial charge >= 0.3 is 0 Å². The molecule has 2 rings (SSSR count). The average molecular weight is 351 g/mol. The van der Waals surface area contributed by atoms with Gasteiger partial charge in [0.1, 0.15) is 0 Å². The maximum Gasteiger partial charge on any atom is 0.0652 e. The first-order chi connectivity index (χ1) is 12.5. The smallest absolute Gasteiger partial charge is 0.0652 e. The summed E-state index contributed by atoms with van der Waals surface area (Å²) in [6.07, 6.45) is 3.73. The highest BCUT2D eigenvalue weighted by atomic mass is 15.1. The third-order valence-corrected chi connectivity index (χ3v) is 3.77. The molecule has 0 saturated heterocycles. The molecular weight excluding hydrogens is 316 g/mol. The summed E-state index contributed by atoms with van der Waals surface area (Å²) >= 11 is 0. The van der Waals surface area contributed by atoms with Crippen molar-refractivity contribution >= 4 is 23.8 Å². The van der Waals surface area contributed by atoms with Crippen molar-refractivity contribution in [1.29, 1.82) is 0 Å². The highest BCUT2D eigenvalue weighted by Gasteiger charge is 2.10. The van der Waals surface area contributed by atoms with E-state index in [1.165, 1.54) is 22.5 Å².